The third-order valence-electron chi connectivity index (χ3n) is 4.25. The second-order valence-corrected chi connectivity index (χ2v) is 5.52. The van der Waals surface area contributed by atoms with Crippen molar-refractivity contribution >= 4 is 5.91 Å². The van der Waals surface area contributed by atoms with Crippen molar-refractivity contribution in [3.8, 4) is 0 Å². The van der Waals surface area contributed by atoms with E-state index < -0.39 is 0 Å². The molecule has 4 heteroatoms. The molecule has 3 rings (SSSR count). The maximum atomic E-state index is 12.2. The molecule has 0 aliphatic carbocycles. The Morgan fingerprint density at radius 1 is 1.32 bits per heavy atom. The molecule has 1 amide bonds. The SMILES string of the molecule is O=C1CCC2(CCCO2)CCN1Cc1ccccn1. The van der Waals surface area contributed by atoms with Gasteiger partial charge in [-0.05, 0) is 37.8 Å². The highest BCUT2D eigenvalue weighted by molar-refractivity contribution is 5.76. The van der Waals surface area contributed by atoms with Crippen molar-refractivity contribution in [3.05, 3.63) is 30.1 Å². The lowest BCUT2D eigenvalue weighted by atomic mass is 9.92. The molecule has 0 aromatic carbocycles. The molecular formula is C15H20N2O2. The van der Waals surface area contributed by atoms with Crippen LogP contribution in [0.2, 0.25) is 0 Å². The predicted octanol–water partition coefficient (Wildman–Crippen LogP) is 2.14. The van der Waals surface area contributed by atoms with Gasteiger partial charge in [0.2, 0.25) is 5.91 Å². The summed E-state index contributed by atoms with van der Waals surface area (Å²) in [5.74, 6) is 0.234. The monoisotopic (exact) mass is 260 g/mol. The van der Waals surface area contributed by atoms with E-state index in [1.807, 2.05) is 23.1 Å². The van der Waals surface area contributed by atoms with Gasteiger partial charge >= 0.3 is 0 Å². The van der Waals surface area contributed by atoms with Crippen LogP contribution in [0.4, 0.5) is 0 Å². The Morgan fingerprint density at radius 2 is 2.26 bits per heavy atom. The van der Waals surface area contributed by atoms with Crippen molar-refractivity contribution in [1.82, 2.24) is 9.88 Å². The summed E-state index contributed by atoms with van der Waals surface area (Å²) in [6.45, 7) is 2.26. The van der Waals surface area contributed by atoms with Gasteiger partial charge in [-0.3, -0.25) is 9.78 Å². The molecule has 3 heterocycles. The second kappa shape index (κ2) is 5.29. The quantitative estimate of drug-likeness (QED) is 0.818. The van der Waals surface area contributed by atoms with Crippen LogP contribution in [0, 0.1) is 0 Å². The highest BCUT2D eigenvalue weighted by Gasteiger charge is 2.38. The number of hydrogen-bond acceptors (Lipinski definition) is 3. The van der Waals surface area contributed by atoms with E-state index in [4.69, 9.17) is 4.74 Å². The molecule has 1 spiro atoms. The number of hydrogen-bond donors (Lipinski definition) is 0. The van der Waals surface area contributed by atoms with Gasteiger partial charge < -0.3 is 9.64 Å². The Kier molecular flexibility index (Phi) is 3.51. The zero-order valence-corrected chi connectivity index (χ0v) is 11.2. The summed E-state index contributed by atoms with van der Waals surface area (Å²) in [5, 5.41) is 0. The van der Waals surface area contributed by atoms with Crippen molar-refractivity contribution in [1.29, 1.82) is 0 Å². The Balaban J connectivity index is 1.67. The molecule has 1 atom stereocenters. The van der Waals surface area contributed by atoms with Gasteiger partial charge in [0, 0.05) is 25.8 Å². The molecule has 19 heavy (non-hydrogen) atoms. The molecule has 2 aliphatic heterocycles. The largest absolute Gasteiger partial charge is 0.375 e. The zero-order valence-electron chi connectivity index (χ0n) is 11.2. The Morgan fingerprint density at radius 3 is 3.00 bits per heavy atom. The van der Waals surface area contributed by atoms with E-state index in [0.29, 0.717) is 13.0 Å². The molecule has 102 valence electrons. The number of carbonyl (C=O) groups excluding carboxylic acids is 1. The summed E-state index contributed by atoms with van der Waals surface area (Å²) in [5.41, 5.74) is 0.938. The van der Waals surface area contributed by atoms with Crippen molar-refractivity contribution in [2.24, 2.45) is 0 Å². The molecule has 0 bridgehead atoms. The molecular weight excluding hydrogens is 240 g/mol. The van der Waals surface area contributed by atoms with Crippen molar-refractivity contribution in [3.63, 3.8) is 0 Å². The lowest BCUT2D eigenvalue weighted by Gasteiger charge is -2.26. The standard InChI is InChI=1S/C15H20N2O2/c18-14-5-7-15(6-3-11-19-15)8-10-17(14)12-13-4-1-2-9-16-13/h1-2,4,9H,3,5-8,10-12H2. The molecule has 2 saturated heterocycles. The number of rotatable bonds is 2. The fourth-order valence-electron chi connectivity index (χ4n) is 3.09. The number of nitrogens with zero attached hydrogens (tertiary/aromatic N) is 2. The maximum absolute atomic E-state index is 12.2. The minimum absolute atomic E-state index is 0.0193. The molecule has 1 aromatic rings. The first kappa shape index (κ1) is 12.6. The van der Waals surface area contributed by atoms with E-state index in [-0.39, 0.29) is 11.5 Å². The lowest BCUT2D eigenvalue weighted by molar-refractivity contribution is -0.131. The highest BCUT2D eigenvalue weighted by Crippen LogP contribution is 2.36. The van der Waals surface area contributed by atoms with Gasteiger partial charge in [-0.15, -0.1) is 0 Å². The summed E-state index contributed by atoms with van der Waals surface area (Å²) >= 11 is 0. The van der Waals surface area contributed by atoms with Crippen LogP contribution >= 0.6 is 0 Å². The summed E-state index contributed by atoms with van der Waals surface area (Å²) < 4.78 is 5.91. The number of amides is 1. The van der Waals surface area contributed by atoms with Gasteiger partial charge in [0.05, 0.1) is 17.8 Å². The van der Waals surface area contributed by atoms with Gasteiger partial charge in [0.15, 0.2) is 0 Å². The first-order valence-electron chi connectivity index (χ1n) is 7.09. The molecule has 2 aliphatic rings. The topological polar surface area (TPSA) is 42.4 Å². The first-order valence-corrected chi connectivity index (χ1v) is 7.09. The van der Waals surface area contributed by atoms with Crippen LogP contribution in [0.5, 0.6) is 0 Å². The van der Waals surface area contributed by atoms with Crippen LogP contribution in [0.25, 0.3) is 0 Å². The third-order valence-corrected chi connectivity index (χ3v) is 4.25. The van der Waals surface area contributed by atoms with E-state index in [1.165, 1.54) is 0 Å². The highest BCUT2D eigenvalue weighted by atomic mass is 16.5. The van der Waals surface area contributed by atoms with Gasteiger partial charge in [-0.1, -0.05) is 6.07 Å². The normalized spacial score (nSPS) is 27.8. The molecule has 1 unspecified atom stereocenters. The van der Waals surface area contributed by atoms with Crippen LogP contribution in [0.3, 0.4) is 0 Å². The predicted molar refractivity (Wildman–Crippen MR) is 71.4 cm³/mol. The van der Waals surface area contributed by atoms with Crippen LogP contribution in [0.1, 0.15) is 37.8 Å². The van der Waals surface area contributed by atoms with Crippen molar-refractivity contribution in [2.45, 2.75) is 44.2 Å². The smallest absolute Gasteiger partial charge is 0.223 e. The summed E-state index contributed by atoms with van der Waals surface area (Å²) in [4.78, 5) is 18.4. The molecule has 0 saturated carbocycles. The van der Waals surface area contributed by atoms with Crippen LogP contribution < -0.4 is 0 Å². The van der Waals surface area contributed by atoms with Crippen molar-refractivity contribution < 1.29 is 9.53 Å². The number of carbonyl (C=O) groups is 1. The van der Waals surface area contributed by atoms with Crippen molar-refractivity contribution in [2.75, 3.05) is 13.2 Å². The fraction of sp³-hybridized carbons (Fsp3) is 0.600. The summed E-state index contributed by atoms with van der Waals surface area (Å²) in [6.07, 6.45) is 6.47. The zero-order chi connectivity index (χ0) is 13.1. The molecule has 2 fully saturated rings. The number of pyridine rings is 1. The molecule has 0 N–H and O–H groups in total. The number of ether oxygens (including phenoxy) is 1. The number of aromatic nitrogens is 1. The van der Waals surface area contributed by atoms with E-state index >= 15 is 0 Å². The van der Waals surface area contributed by atoms with E-state index in [2.05, 4.69) is 4.98 Å². The Bertz CT molecular complexity index is 441. The summed E-state index contributed by atoms with van der Waals surface area (Å²) in [7, 11) is 0. The minimum Gasteiger partial charge on any atom is -0.375 e. The van der Waals surface area contributed by atoms with Crippen LogP contribution in [-0.2, 0) is 16.1 Å². The summed E-state index contributed by atoms with van der Waals surface area (Å²) in [6, 6.07) is 5.83. The van der Waals surface area contributed by atoms with E-state index in [0.717, 1.165) is 44.5 Å². The van der Waals surface area contributed by atoms with E-state index in [9.17, 15) is 4.79 Å². The van der Waals surface area contributed by atoms with Crippen LogP contribution in [0.15, 0.2) is 24.4 Å². The minimum atomic E-state index is -0.0193. The van der Waals surface area contributed by atoms with Crippen LogP contribution in [-0.4, -0.2) is 34.5 Å². The maximum Gasteiger partial charge on any atom is 0.223 e. The van der Waals surface area contributed by atoms with Gasteiger partial charge in [0.1, 0.15) is 0 Å². The van der Waals surface area contributed by atoms with E-state index in [1.54, 1.807) is 6.20 Å². The lowest BCUT2D eigenvalue weighted by Crippen LogP contribution is -2.32. The molecule has 1 aromatic heterocycles. The van der Waals surface area contributed by atoms with Gasteiger partial charge in [0.25, 0.3) is 0 Å². The first-order chi connectivity index (χ1) is 9.27. The van der Waals surface area contributed by atoms with Gasteiger partial charge in [-0.2, -0.15) is 0 Å². The van der Waals surface area contributed by atoms with Gasteiger partial charge in [-0.25, -0.2) is 0 Å². The number of likely N-dealkylation sites (tertiary alicyclic amines) is 1. The molecule has 4 nitrogen and oxygen atoms in total. The Hall–Kier alpha value is -1.42. The average Bonchev–Trinajstić information content (AvgIpc) is 2.85. The second-order valence-electron chi connectivity index (χ2n) is 5.52. The molecule has 0 radical (unpaired) electrons. The average molecular weight is 260 g/mol. The fourth-order valence-corrected chi connectivity index (χ4v) is 3.09. The third kappa shape index (κ3) is 2.78. The Labute approximate surface area is 113 Å².